The van der Waals surface area contributed by atoms with E-state index in [0.717, 1.165) is 22.5 Å². The van der Waals surface area contributed by atoms with E-state index in [1.807, 2.05) is 62.3 Å². The standard InChI is InChI=1S/C19H26N6O2/c1-24(2)14-7-5-12(16(10-14)18(26)22-20)9-13-6-8-15(25(3)4)11-17(13)19(27)23-21/h5-8,10-11H,9,20-21H2,1-4H3,(H,22,26)(H,23,27). The van der Waals surface area contributed by atoms with Gasteiger partial charge in [-0.15, -0.1) is 0 Å². The molecule has 8 heteroatoms. The normalized spacial score (nSPS) is 10.3. The van der Waals surface area contributed by atoms with Gasteiger partial charge in [0.2, 0.25) is 0 Å². The fraction of sp³-hybridized carbons (Fsp3) is 0.263. The average molecular weight is 370 g/mol. The van der Waals surface area contributed by atoms with Crippen molar-refractivity contribution >= 4 is 23.2 Å². The zero-order valence-electron chi connectivity index (χ0n) is 16.0. The summed E-state index contributed by atoms with van der Waals surface area (Å²) in [5.74, 6) is 9.92. The summed E-state index contributed by atoms with van der Waals surface area (Å²) in [6.45, 7) is 0. The Balaban J connectivity index is 2.52. The van der Waals surface area contributed by atoms with Crippen molar-refractivity contribution in [2.45, 2.75) is 6.42 Å². The van der Waals surface area contributed by atoms with Gasteiger partial charge in [-0.25, -0.2) is 11.7 Å². The maximum absolute atomic E-state index is 12.3. The Morgan fingerprint density at radius 1 is 0.778 bits per heavy atom. The maximum atomic E-state index is 12.3. The smallest absolute Gasteiger partial charge is 0.265 e. The van der Waals surface area contributed by atoms with Crippen LogP contribution in [0.3, 0.4) is 0 Å². The first-order chi connectivity index (χ1) is 12.8. The molecule has 8 nitrogen and oxygen atoms in total. The quantitative estimate of drug-likeness (QED) is 0.336. The van der Waals surface area contributed by atoms with Crippen LogP contribution in [-0.2, 0) is 6.42 Å². The number of carbonyl (C=O) groups excluding carboxylic acids is 2. The number of nitrogen functional groups attached to an aromatic ring is 2. The molecule has 0 unspecified atom stereocenters. The monoisotopic (exact) mass is 370 g/mol. The molecule has 6 N–H and O–H groups in total. The van der Waals surface area contributed by atoms with Crippen molar-refractivity contribution < 1.29 is 9.59 Å². The minimum Gasteiger partial charge on any atom is -0.378 e. The van der Waals surface area contributed by atoms with Gasteiger partial charge < -0.3 is 9.80 Å². The van der Waals surface area contributed by atoms with E-state index in [1.54, 1.807) is 12.1 Å². The summed E-state index contributed by atoms with van der Waals surface area (Å²) in [7, 11) is 7.57. The summed E-state index contributed by atoms with van der Waals surface area (Å²) >= 11 is 0. The van der Waals surface area contributed by atoms with Crippen molar-refractivity contribution in [2.75, 3.05) is 38.0 Å². The van der Waals surface area contributed by atoms with E-state index in [0.29, 0.717) is 17.5 Å². The van der Waals surface area contributed by atoms with Gasteiger partial charge in [0.1, 0.15) is 0 Å². The molecule has 144 valence electrons. The van der Waals surface area contributed by atoms with Gasteiger partial charge >= 0.3 is 0 Å². The molecule has 2 amide bonds. The number of nitrogens with one attached hydrogen (secondary N) is 2. The molecule has 27 heavy (non-hydrogen) atoms. The number of nitrogens with two attached hydrogens (primary N) is 2. The van der Waals surface area contributed by atoms with Crippen molar-refractivity contribution in [1.82, 2.24) is 10.9 Å². The van der Waals surface area contributed by atoms with Crippen LogP contribution in [0.1, 0.15) is 31.8 Å². The number of nitrogens with zero attached hydrogens (tertiary/aromatic N) is 2. The second kappa shape index (κ2) is 8.52. The van der Waals surface area contributed by atoms with Gasteiger partial charge in [0.15, 0.2) is 0 Å². The molecule has 0 aliphatic heterocycles. The predicted molar refractivity (Wildman–Crippen MR) is 108 cm³/mol. The number of rotatable bonds is 6. The predicted octanol–water partition coefficient (Wildman–Crippen LogP) is 0.616. The van der Waals surface area contributed by atoms with E-state index in [4.69, 9.17) is 11.7 Å². The minimum absolute atomic E-state index is 0.382. The Bertz CT molecular complexity index is 779. The van der Waals surface area contributed by atoms with Crippen molar-refractivity contribution in [3.63, 3.8) is 0 Å². The lowest BCUT2D eigenvalue weighted by molar-refractivity contribution is 0.0946. The van der Waals surface area contributed by atoms with E-state index in [9.17, 15) is 9.59 Å². The molecule has 0 saturated carbocycles. The highest BCUT2D eigenvalue weighted by Gasteiger charge is 2.17. The zero-order valence-corrected chi connectivity index (χ0v) is 16.0. The van der Waals surface area contributed by atoms with Crippen molar-refractivity contribution in [1.29, 1.82) is 0 Å². The highest BCUT2D eigenvalue weighted by molar-refractivity contribution is 5.98. The summed E-state index contributed by atoms with van der Waals surface area (Å²) in [5, 5.41) is 0. The van der Waals surface area contributed by atoms with Gasteiger partial charge in [-0.05, 0) is 41.8 Å². The molecule has 0 aliphatic rings. The molecular weight excluding hydrogens is 344 g/mol. The molecule has 0 aromatic heterocycles. The highest BCUT2D eigenvalue weighted by Crippen LogP contribution is 2.25. The van der Waals surface area contributed by atoms with Gasteiger partial charge in [0, 0.05) is 50.7 Å². The molecule has 0 bridgehead atoms. The van der Waals surface area contributed by atoms with Crippen LogP contribution >= 0.6 is 0 Å². The first-order valence-corrected chi connectivity index (χ1v) is 8.40. The number of hydrogen-bond acceptors (Lipinski definition) is 6. The summed E-state index contributed by atoms with van der Waals surface area (Å²) < 4.78 is 0. The second-order valence-corrected chi connectivity index (χ2v) is 6.60. The fourth-order valence-electron chi connectivity index (χ4n) is 2.78. The summed E-state index contributed by atoms with van der Waals surface area (Å²) in [6.07, 6.45) is 0.382. The lowest BCUT2D eigenvalue weighted by Crippen LogP contribution is -2.32. The van der Waals surface area contributed by atoms with Crippen LogP contribution in [-0.4, -0.2) is 40.0 Å². The minimum atomic E-state index is -0.386. The third-order valence-corrected chi connectivity index (χ3v) is 4.35. The van der Waals surface area contributed by atoms with E-state index in [1.165, 1.54) is 0 Å². The molecule has 0 saturated heterocycles. The Labute approximate surface area is 159 Å². The molecule has 0 aliphatic carbocycles. The van der Waals surface area contributed by atoms with Crippen LogP contribution < -0.4 is 32.3 Å². The lowest BCUT2D eigenvalue weighted by atomic mass is 9.94. The number of benzene rings is 2. The Hall–Kier alpha value is -3.10. The molecular formula is C19H26N6O2. The van der Waals surface area contributed by atoms with Crippen LogP contribution in [0.2, 0.25) is 0 Å². The largest absolute Gasteiger partial charge is 0.378 e. The molecule has 2 aromatic carbocycles. The summed E-state index contributed by atoms with van der Waals surface area (Å²) in [4.78, 5) is 28.3. The van der Waals surface area contributed by atoms with E-state index in [-0.39, 0.29) is 11.8 Å². The topological polar surface area (TPSA) is 117 Å². The number of amides is 2. The van der Waals surface area contributed by atoms with E-state index in [2.05, 4.69) is 10.9 Å². The van der Waals surface area contributed by atoms with Gasteiger partial charge in [0.25, 0.3) is 11.8 Å². The second-order valence-electron chi connectivity index (χ2n) is 6.60. The van der Waals surface area contributed by atoms with E-state index < -0.39 is 0 Å². The van der Waals surface area contributed by atoms with Crippen molar-refractivity contribution in [2.24, 2.45) is 11.7 Å². The average Bonchev–Trinajstić information content (AvgIpc) is 2.66. The number of carbonyl (C=O) groups is 2. The van der Waals surface area contributed by atoms with Crippen LogP contribution in [0.4, 0.5) is 11.4 Å². The molecule has 0 atom stereocenters. The third kappa shape index (κ3) is 4.55. The fourth-order valence-corrected chi connectivity index (χ4v) is 2.78. The number of hydrogen-bond donors (Lipinski definition) is 4. The third-order valence-electron chi connectivity index (χ3n) is 4.35. The van der Waals surface area contributed by atoms with Gasteiger partial charge in [0.05, 0.1) is 0 Å². The number of hydrazine groups is 2. The first-order valence-electron chi connectivity index (χ1n) is 8.40. The zero-order chi connectivity index (χ0) is 20.1. The first kappa shape index (κ1) is 20.2. The molecule has 0 fully saturated rings. The molecule has 2 rings (SSSR count). The van der Waals surface area contributed by atoms with Crippen molar-refractivity contribution in [3.8, 4) is 0 Å². The van der Waals surface area contributed by atoms with Crippen LogP contribution in [0, 0.1) is 0 Å². The lowest BCUT2D eigenvalue weighted by Gasteiger charge is -2.18. The molecule has 0 radical (unpaired) electrons. The maximum Gasteiger partial charge on any atom is 0.265 e. The molecule has 0 heterocycles. The Morgan fingerprint density at radius 2 is 1.15 bits per heavy atom. The molecule has 0 spiro atoms. The van der Waals surface area contributed by atoms with Gasteiger partial charge in [-0.1, -0.05) is 12.1 Å². The molecule has 2 aromatic rings. The van der Waals surface area contributed by atoms with Crippen LogP contribution in [0.25, 0.3) is 0 Å². The van der Waals surface area contributed by atoms with E-state index >= 15 is 0 Å². The summed E-state index contributed by atoms with van der Waals surface area (Å²) in [5.41, 5.74) is 8.55. The Morgan fingerprint density at radius 3 is 1.44 bits per heavy atom. The summed E-state index contributed by atoms with van der Waals surface area (Å²) in [6, 6.07) is 11.1. The number of anilines is 2. The van der Waals surface area contributed by atoms with Gasteiger partial charge in [-0.3, -0.25) is 20.4 Å². The van der Waals surface area contributed by atoms with Gasteiger partial charge in [-0.2, -0.15) is 0 Å². The Kier molecular flexibility index (Phi) is 6.38. The highest BCUT2D eigenvalue weighted by atomic mass is 16.2. The van der Waals surface area contributed by atoms with Crippen LogP contribution in [0.15, 0.2) is 36.4 Å². The van der Waals surface area contributed by atoms with Crippen LogP contribution in [0.5, 0.6) is 0 Å². The SMILES string of the molecule is CN(C)c1ccc(Cc2ccc(N(C)C)cc2C(=O)NN)c(C(=O)NN)c1. The van der Waals surface area contributed by atoms with Crippen molar-refractivity contribution in [3.05, 3.63) is 58.7 Å².